The zero-order chi connectivity index (χ0) is 26.5. The molecule has 198 valence electrons. The van der Waals surface area contributed by atoms with Crippen molar-refractivity contribution in [3.63, 3.8) is 0 Å². The molecule has 2 aliphatic rings. The SMILES string of the molecule is CN[C@H]1CC[C@H](CC(=O)Nc2cnc(-c3ccc(C4(NC(=O)O)CCC4)cc3)c(-c3ccccc3)c2)CC1. The van der Waals surface area contributed by atoms with Crippen LogP contribution in [0.1, 0.15) is 56.9 Å². The molecule has 4 N–H and O–H groups in total. The molecule has 2 aromatic carbocycles. The van der Waals surface area contributed by atoms with E-state index in [4.69, 9.17) is 4.98 Å². The Morgan fingerprint density at radius 2 is 1.68 bits per heavy atom. The van der Waals surface area contributed by atoms with Crippen LogP contribution < -0.4 is 16.0 Å². The number of nitrogens with one attached hydrogen (secondary N) is 3. The number of hydrogen-bond donors (Lipinski definition) is 4. The van der Waals surface area contributed by atoms with Crippen molar-refractivity contribution in [1.82, 2.24) is 15.6 Å². The van der Waals surface area contributed by atoms with Crippen molar-refractivity contribution in [2.24, 2.45) is 5.92 Å². The van der Waals surface area contributed by atoms with E-state index in [0.717, 1.165) is 72.9 Å². The molecule has 7 nitrogen and oxygen atoms in total. The maximum Gasteiger partial charge on any atom is 0.405 e. The largest absolute Gasteiger partial charge is 0.465 e. The van der Waals surface area contributed by atoms with Gasteiger partial charge >= 0.3 is 6.09 Å². The molecule has 2 aliphatic carbocycles. The van der Waals surface area contributed by atoms with E-state index in [1.54, 1.807) is 6.20 Å². The first-order valence-corrected chi connectivity index (χ1v) is 13.6. The number of benzene rings is 2. The fourth-order valence-electron chi connectivity index (χ4n) is 5.90. The molecular weight excluding hydrogens is 476 g/mol. The fraction of sp³-hybridized carbons (Fsp3) is 0.387. The lowest BCUT2D eigenvalue weighted by atomic mass is 9.71. The molecule has 0 saturated heterocycles. The number of rotatable bonds is 8. The van der Waals surface area contributed by atoms with Crippen molar-refractivity contribution in [2.45, 2.75) is 62.9 Å². The van der Waals surface area contributed by atoms with Crippen molar-refractivity contribution in [3.8, 4) is 22.4 Å². The van der Waals surface area contributed by atoms with Gasteiger partial charge in [-0.2, -0.15) is 0 Å². The van der Waals surface area contributed by atoms with Gasteiger partial charge in [-0.3, -0.25) is 9.78 Å². The maximum atomic E-state index is 12.9. The van der Waals surface area contributed by atoms with Crippen LogP contribution >= 0.6 is 0 Å². The van der Waals surface area contributed by atoms with Crippen LogP contribution in [0.15, 0.2) is 66.9 Å². The van der Waals surface area contributed by atoms with Crippen LogP contribution in [0, 0.1) is 5.92 Å². The lowest BCUT2D eigenvalue weighted by Crippen LogP contribution is -2.50. The summed E-state index contributed by atoms with van der Waals surface area (Å²) in [6.07, 6.45) is 8.27. The standard InChI is InChI=1S/C31H36N4O3/c1-32-25-14-8-21(9-15-25)18-28(36)34-26-19-27(22-6-3-2-4-7-22)29(33-20-26)23-10-12-24(13-11-23)31(16-5-17-31)35-30(37)38/h2-4,6-7,10-13,19-21,25,32,35H,5,8-9,14-18H2,1H3,(H,34,36)(H,37,38)/t21-,25-. The van der Waals surface area contributed by atoms with Crippen molar-refractivity contribution in [1.29, 1.82) is 0 Å². The number of anilines is 1. The summed E-state index contributed by atoms with van der Waals surface area (Å²) in [5.41, 5.74) is 4.88. The summed E-state index contributed by atoms with van der Waals surface area (Å²) in [7, 11) is 2.01. The van der Waals surface area contributed by atoms with Gasteiger partial charge in [0.15, 0.2) is 0 Å². The van der Waals surface area contributed by atoms with Crippen LogP contribution in [0.5, 0.6) is 0 Å². The first-order valence-electron chi connectivity index (χ1n) is 13.6. The van der Waals surface area contributed by atoms with Crippen molar-refractivity contribution < 1.29 is 14.7 Å². The molecule has 0 spiro atoms. The number of carboxylic acid groups (broad SMARTS) is 1. The Kier molecular flexibility index (Phi) is 7.74. The van der Waals surface area contributed by atoms with Gasteiger partial charge in [-0.25, -0.2) is 4.79 Å². The molecule has 0 aliphatic heterocycles. The quantitative estimate of drug-likeness (QED) is 0.289. The summed E-state index contributed by atoms with van der Waals surface area (Å²) >= 11 is 0. The highest BCUT2D eigenvalue weighted by Crippen LogP contribution is 2.42. The number of pyridine rings is 1. The van der Waals surface area contributed by atoms with Crippen LogP contribution in [-0.4, -0.2) is 35.2 Å². The van der Waals surface area contributed by atoms with Crippen LogP contribution in [0.4, 0.5) is 10.5 Å². The molecule has 1 heterocycles. The van der Waals surface area contributed by atoms with Gasteiger partial charge < -0.3 is 21.1 Å². The zero-order valence-corrected chi connectivity index (χ0v) is 21.9. The fourth-order valence-corrected chi connectivity index (χ4v) is 5.90. The first kappa shape index (κ1) is 25.9. The third kappa shape index (κ3) is 5.73. The second-order valence-corrected chi connectivity index (χ2v) is 10.7. The summed E-state index contributed by atoms with van der Waals surface area (Å²) in [6.45, 7) is 0. The second-order valence-electron chi connectivity index (χ2n) is 10.7. The molecule has 0 atom stereocenters. The molecule has 5 rings (SSSR count). The number of nitrogens with zero attached hydrogens (tertiary/aromatic N) is 1. The number of hydrogen-bond acceptors (Lipinski definition) is 4. The summed E-state index contributed by atoms with van der Waals surface area (Å²) in [4.78, 5) is 29.0. The Morgan fingerprint density at radius 3 is 2.29 bits per heavy atom. The van der Waals surface area contributed by atoms with E-state index in [1.165, 1.54) is 0 Å². The van der Waals surface area contributed by atoms with E-state index in [2.05, 4.69) is 16.0 Å². The van der Waals surface area contributed by atoms with Crippen LogP contribution in [-0.2, 0) is 10.3 Å². The van der Waals surface area contributed by atoms with Crippen LogP contribution in [0.25, 0.3) is 22.4 Å². The van der Waals surface area contributed by atoms with Gasteiger partial charge in [0.05, 0.1) is 23.1 Å². The predicted molar refractivity (Wildman–Crippen MR) is 150 cm³/mol. The summed E-state index contributed by atoms with van der Waals surface area (Å²) < 4.78 is 0. The Bertz CT molecular complexity index is 1260. The lowest BCUT2D eigenvalue weighted by molar-refractivity contribution is -0.117. The van der Waals surface area contributed by atoms with Gasteiger partial charge in [0.2, 0.25) is 5.91 Å². The zero-order valence-electron chi connectivity index (χ0n) is 21.9. The van der Waals surface area contributed by atoms with Crippen molar-refractivity contribution >= 4 is 17.7 Å². The third-order valence-corrected chi connectivity index (χ3v) is 8.25. The normalized spacial score (nSPS) is 20.2. The Labute approximate surface area is 224 Å². The molecule has 2 fully saturated rings. The highest BCUT2D eigenvalue weighted by atomic mass is 16.4. The maximum absolute atomic E-state index is 12.9. The molecule has 1 aromatic heterocycles. The minimum absolute atomic E-state index is 0.0348. The minimum atomic E-state index is -0.995. The monoisotopic (exact) mass is 512 g/mol. The van der Waals surface area contributed by atoms with Crippen molar-refractivity contribution in [2.75, 3.05) is 12.4 Å². The molecule has 7 heteroatoms. The predicted octanol–water partition coefficient (Wildman–Crippen LogP) is 6.17. The van der Waals surface area contributed by atoms with Gasteiger partial charge in [-0.1, -0.05) is 54.6 Å². The van der Waals surface area contributed by atoms with E-state index >= 15 is 0 Å². The van der Waals surface area contributed by atoms with Crippen LogP contribution in [0.2, 0.25) is 0 Å². The lowest BCUT2D eigenvalue weighted by Gasteiger charge is -2.42. The molecule has 0 radical (unpaired) electrons. The third-order valence-electron chi connectivity index (χ3n) is 8.25. The summed E-state index contributed by atoms with van der Waals surface area (Å²) in [5, 5.41) is 18.5. The molecule has 38 heavy (non-hydrogen) atoms. The van der Waals surface area contributed by atoms with Gasteiger partial charge in [0.1, 0.15) is 0 Å². The highest BCUT2D eigenvalue weighted by molar-refractivity contribution is 5.93. The molecule has 0 bridgehead atoms. The smallest absolute Gasteiger partial charge is 0.405 e. The van der Waals surface area contributed by atoms with Crippen LogP contribution in [0.3, 0.4) is 0 Å². The van der Waals surface area contributed by atoms with E-state index in [1.807, 2.05) is 67.7 Å². The van der Waals surface area contributed by atoms with E-state index in [0.29, 0.717) is 24.1 Å². The topological polar surface area (TPSA) is 103 Å². The van der Waals surface area contributed by atoms with Gasteiger partial charge in [0, 0.05) is 23.6 Å². The number of aromatic nitrogens is 1. The van der Waals surface area contributed by atoms with Crippen molar-refractivity contribution in [3.05, 3.63) is 72.4 Å². The van der Waals surface area contributed by atoms with E-state index in [9.17, 15) is 14.7 Å². The molecule has 3 aromatic rings. The Hall–Kier alpha value is -3.71. The van der Waals surface area contributed by atoms with E-state index in [-0.39, 0.29) is 5.91 Å². The molecule has 2 amide bonds. The van der Waals surface area contributed by atoms with E-state index < -0.39 is 11.6 Å². The highest BCUT2D eigenvalue weighted by Gasteiger charge is 2.40. The molecular formula is C31H36N4O3. The Balaban J connectivity index is 1.36. The summed E-state index contributed by atoms with van der Waals surface area (Å²) in [6, 6.07) is 20.6. The van der Waals surface area contributed by atoms with Gasteiger partial charge in [-0.15, -0.1) is 0 Å². The number of carbonyl (C=O) groups excluding carboxylic acids is 1. The van der Waals surface area contributed by atoms with Gasteiger partial charge in [-0.05, 0) is 75.1 Å². The van der Waals surface area contributed by atoms with Gasteiger partial charge in [0.25, 0.3) is 0 Å². The summed E-state index contributed by atoms with van der Waals surface area (Å²) in [5.74, 6) is 0.459. The molecule has 0 unspecified atom stereocenters. The second kappa shape index (κ2) is 11.4. The Morgan fingerprint density at radius 1 is 0.974 bits per heavy atom. The average molecular weight is 513 g/mol. The average Bonchev–Trinajstić information content (AvgIpc) is 2.92. The molecule has 2 saturated carbocycles. The minimum Gasteiger partial charge on any atom is -0.465 e. The number of amides is 2. The first-order chi connectivity index (χ1) is 18.5. The number of carbonyl (C=O) groups is 2.